The summed E-state index contributed by atoms with van der Waals surface area (Å²) in [5.41, 5.74) is 1.81. The minimum Gasteiger partial charge on any atom is -0.470 e. The van der Waals surface area contributed by atoms with Gasteiger partial charge in [-0.25, -0.2) is 4.68 Å². The zero-order valence-corrected chi connectivity index (χ0v) is 11.8. The average molecular weight is 264 g/mol. The lowest BCUT2D eigenvalue weighted by Gasteiger charge is -2.04. The smallest absolute Gasteiger partial charge is 0.212 e. The van der Waals surface area contributed by atoms with Gasteiger partial charge in [-0.05, 0) is 6.92 Å². The van der Waals surface area contributed by atoms with Gasteiger partial charge in [0, 0.05) is 31.8 Å². The predicted molar refractivity (Wildman–Crippen MR) is 70.8 cm³/mol. The first-order valence-corrected chi connectivity index (χ1v) is 6.36. The van der Waals surface area contributed by atoms with Gasteiger partial charge in [-0.2, -0.15) is 5.10 Å². The molecule has 2 aromatic heterocycles. The first-order valence-electron chi connectivity index (χ1n) is 6.36. The van der Waals surface area contributed by atoms with Crippen LogP contribution in [0.2, 0.25) is 0 Å². The Bertz CT molecular complexity index is 530. The molecule has 19 heavy (non-hydrogen) atoms. The molecule has 0 saturated heterocycles. The fraction of sp³-hybridized carbons (Fsp3) is 0.538. The lowest BCUT2D eigenvalue weighted by atomic mass is 10.3. The number of hydrogen-bond acceptors (Lipinski definition) is 5. The van der Waals surface area contributed by atoms with Crippen LogP contribution < -0.4 is 10.1 Å². The summed E-state index contributed by atoms with van der Waals surface area (Å²) < 4.78 is 12.6. The van der Waals surface area contributed by atoms with Crippen molar-refractivity contribution in [1.29, 1.82) is 0 Å². The molecule has 0 atom stereocenters. The molecule has 0 spiro atoms. The van der Waals surface area contributed by atoms with Crippen LogP contribution in [-0.4, -0.2) is 21.0 Å². The molecule has 0 aromatic carbocycles. The van der Waals surface area contributed by atoms with E-state index < -0.39 is 0 Å². The Morgan fingerprint density at radius 3 is 2.84 bits per heavy atom. The number of rotatable bonds is 6. The maximum Gasteiger partial charge on any atom is 0.212 e. The molecule has 0 unspecified atom stereocenters. The van der Waals surface area contributed by atoms with Gasteiger partial charge in [0.2, 0.25) is 5.88 Å². The molecule has 0 amide bonds. The number of nitrogens with one attached hydrogen (secondary N) is 1. The van der Waals surface area contributed by atoms with Crippen LogP contribution in [0.25, 0.3) is 0 Å². The maximum atomic E-state index is 5.63. The van der Waals surface area contributed by atoms with Gasteiger partial charge in [0.05, 0.1) is 11.4 Å². The molecular formula is C13H20N4O2. The minimum absolute atomic E-state index is 0.355. The quantitative estimate of drug-likeness (QED) is 0.861. The Kier molecular flexibility index (Phi) is 4.21. The van der Waals surface area contributed by atoms with Crippen LogP contribution in [0.5, 0.6) is 5.88 Å². The minimum atomic E-state index is 0.355. The van der Waals surface area contributed by atoms with Gasteiger partial charge in [-0.15, -0.1) is 0 Å². The van der Waals surface area contributed by atoms with Gasteiger partial charge < -0.3 is 14.6 Å². The van der Waals surface area contributed by atoms with Gasteiger partial charge in [0.15, 0.2) is 12.4 Å². The summed E-state index contributed by atoms with van der Waals surface area (Å²) in [4.78, 5) is 0. The lowest BCUT2D eigenvalue weighted by Crippen LogP contribution is -2.21. The van der Waals surface area contributed by atoms with Crippen molar-refractivity contribution >= 4 is 0 Å². The average Bonchev–Trinajstić information content (AvgIpc) is 2.91. The van der Waals surface area contributed by atoms with Gasteiger partial charge in [0.1, 0.15) is 0 Å². The van der Waals surface area contributed by atoms with Crippen LogP contribution in [0, 0.1) is 6.92 Å². The summed E-state index contributed by atoms with van der Waals surface area (Å²) in [5, 5.41) is 11.5. The van der Waals surface area contributed by atoms with Gasteiger partial charge in [0.25, 0.3) is 0 Å². The number of aryl methyl sites for hydroxylation is 2. The van der Waals surface area contributed by atoms with Crippen molar-refractivity contribution in [2.45, 2.75) is 40.0 Å². The van der Waals surface area contributed by atoms with Crippen molar-refractivity contribution in [1.82, 2.24) is 20.3 Å². The first-order chi connectivity index (χ1) is 9.04. The fourth-order valence-electron chi connectivity index (χ4n) is 1.68. The van der Waals surface area contributed by atoms with Crippen molar-refractivity contribution in [3.63, 3.8) is 0 Å². The van der Waals surface area contributed by atoms with Gasteiger partial charge in [-0.3, -0.25) is 0 Å². The Balaban J connectivity index is 1.88. The second-order valence-electron chi connectivity index (χ2n) is 4.86. The largest absolute Gasteiger partial charge is 0.470 e. The zero-order valence-electron chi connectivity index (χ0n) is 11.8. The summed E-state index contributed by atoms with van der Waals surface area (Å²) in [5.74, 6) is 1.43. The topological polar surface area (TPSA) is 65.1 Å². The molecule has 2 aromatic rings. The van der Waals surface area contributed by atoms with Crippen molar-refractivity contribution < 1.29 is 9.26 Å². The summed E-state index contributed by atoms with van der Waals surface area (Å²) in [6, 6.07) is 4.21. The molecule has 1 N–H and O–H groups in total. The highest BCUT2D eigenvalue weighted by molar-refractivity contribution is 5.15. The molecule has 2 rings (SSSR count). The monoisotopic (exact) mass is 264 g/mol. The lowest BCUT2D eigenvalue weighted by molar-refractivity contribution is 0.232. The van der Waals surface area contributed by atoms with Crippen molar-refractivity contribution in [2.24, 2.45) is 7.05 Å². The van der Waals surface area contributed by atoms with E-state index in [4.69, 9.17) is 9.26 Å². The van der Waals surface area contributed by atoms with E-state index in [9.17, 15) is 0 Å². The normalized spacial score (nSPS) is 11.2. The summed E-state index contributed by atoms with van der Waals surface area (Å²) in [6.45, 7) is 7.17. The molecule has 2 heterocycles. The van der Waals surface area contributed by atoms with E-state index in [2.05, 4.69) is 29.4 Å². The third-order valence-corrected chi connectivity index (χ3v) is 2.62. The molecule has 0 aliphatic rings. The Morgan fingerprint density at radius 1 is 1.42 bits per heavy atom. The van der Waals surface area contributed by atoms with E-state index in [1.807, 2.05) is 26.1 Å². The molecule has 0 fully saturated rings. The molecule has 6 heteroatoms. The maximum absolute atomic E-state index is 5.63. The van der Waals surface area contributed by atoms with Crippen LogP contribution in [0.3, 0.4) is 0 Å². The van der Waals surface area contributed by atoms with Gasteiger partial charge >= 0.3 is 0 Å². The van der Waals surface area contributed by atoms with E-state index in [-0.39, 0.29) is 0 Å². The number of aromatic nitrogens is 3. The fourth-order valence-corrected chi connectivity index (χ4v) is 1.68. The molecule has 0 radical (unpaired) electrons. The molecule has 0 saturated carbocycles. The van der Waals surface area contributed by atoms with E-state index in [1.54, 1.807) is 4.68 Å². The third-order valence-electron chi connectivity index (χ3n) is 2.62. The molecule has 0 aliphatic heterocycles. The van der Waals surface area contributed by atoms with E-state index in [0.717, 1.165) is 17.3 Å². The Hall–Kier alpha value is -1.82. The molecule has 104 valence electrons. The molecule has 0 aliphatic carbocycles. The molecular weight excluding hydrogens is 244 g/mol. The van der Waals surface area contributed by atoms with E-state index in [1.165, 1.54) is 0 Å². The van der Waals surface area contributed by atoms with Crippen LogP contribution in [0.1, 0.15) is 31.0 Å². The van der Waals surface area contributed by atoms with Crippen LogP contribution in [-0.2, 0) is 20.2 Å². The second-order valence-corrected chi connectivity index (χ2v) is 4.86. The second kappa shape index (κ2) is 5.88. The number of nitrogens with zero attached hydrogens (tertiary/aromatic N) is 3. The standard InChI is InChI=1S/C13H20N4O2/c1-9(2)14-7-11-6-12(19-16-11)8-18-13-5-10(3)15-17(13)4/h5-6,9,14H,7-8H2,1-4H3. The van der Waals surface area contributed by atoms with E-state index >= 15 is 0 Å². The van der Waals surface area contributed by atoms with Crippen molar-refractivity contribution in [3.05, 3.63) is 29.3 Å². The summed E-state index contributed by atoms with van der Waals surface area (Å²) >= 11 is 0. The molecule has 0 bridgehead atoms. The summed E-state index contributed by atoms with van der Waals surface area (Å²) in [7, 11) is 1.85. The summed E-state index contributed by atoms with van der Waals surface area (Å²) in [6.07, 6.45) is 0. The SMILES string of the molecule is Cc1cc(OCc2cc(CNC(C)C)no2)n(C)n1. The Labute approximate surface area is 112 Å². The van der Waals surface area contributed by atoms with Crippen molar-refractivity contribution in [2.75, 3.05) is 0 Å². The zero-order chi connectivity index (χ0) is 13.8. The van der Waals surface area contributed by atoms with Crippen molar-refractivity contribution in [3.8, 4) is 5.88 Å². The molecule has 6 nitrogen and oxygen atoms in total. The van der Waals surface area contributed by atoms with Gasteiger partial charge in [-0.1, -0.05) is 19.0 Å². The predicted octanol–water partition coefficient (Wildman–Crippen LogP) is 1.79. The van der Waals surface area contributed by atoms with E-state index in [0.29, 0.717) is 25.0 Å². The first kappa shape index (κ1) is 13.6. The number of hydrogen-bond donors (Lipinski definition) is 1. The third kappa shape index (κ3) is 3.82. The van der Waals surface area contributed by atoms with Crippen LogP contribution in [0.15, 0.2) is 16.7 Å². The highest BCUT2D eigenvalue weighted by Gasteiger charge is 2.08. The highest BCUT2D eigenvalue weighted by Crippen LogP contribution is 2.14. The number of ether oxygens (including phenoxy) is 1. The van der Waals surface area contributed by atoms with Crippen LogP contribution in [0.4, 0.5) is 0 Å². The Morgan fingerprint density at radius 2 is 2.21 bits per heavy atom. The van der Waals surface area contributed by atoms with Crippen LogP contribution >= 0.6 is 0 Å². The highest BCUT2D eigenvalue weighted by atomic mass is 16.5.